The number of hydrogen-bond donors (Lipinski definition) is 1. The van der Waals surface area contributed by atoms with Crippen molar-refractivity contribution in [1.29, 1.82) is 0 Å². The van der Waals surface area contributed by atoms with E-state index in [2.05, 4.69) is 5.32 Å². The summed E-state index contributed by atoms with van der Waals surface area (Å²) in [5, 5.41) is 3.33. The zero-order valence-electron chi connectivity index (χ0n) is 8.42. The van der Waals surface area contributed by atoms with Gasteiger partial charge in [0, 0.05) is 12.1 Å². The van der Waals surface area contributed by atoms with Gasteiger partial charge in [-0.25, -0.2) is 0 Å². The van der Waals surface area contributed by atoms with Gasteiger partial charge in [0.25, 0.3) is 0 Å². The van der Waals surface area contributed by atoms with E-state index in [1.165, 1.54) is 0 Å². The molecule has 2 heteroatoms. The number of carbonyl (C=O) groups is 1. The Balaban J connectivity index is 2.08. The summed E-state index contributed by atoms with van der Waals surface area (Å²) in [5.74, 6) is 0.335. The zero-order chi connectivity index (χ0) is 10.0. The van der Waals surface area contributed by atoms with Crippen molar-refractivity contribution in [2.24, 2.45) is 0 Å². The van der Waals surface area contributed by atoms with E-state index in [0.29, 0.717) is 12.2 Å². The third-order valence-corrected chi connectivity index (χ3v) is 2.76. The molecule has 1 fully saturated rings. The third-order valence-electron chi connectivity index (χ3n) is 2.76. The smallest absolute Gasteiger partial charge is 0.157 e. The van der Waals surface area contributed by atoms with Crippen LogP contribution in [0.2, 0.25) is 0 Å². The Hall–Kier alpha value is -1.31. The average Bonchev–Trinajstić information content (AvgIpc) is 2.99. The quantitative estimate of drug-likeness (QED) is 0.788. The molecule has 1 aliphatic rings. The molecular weight excluding hydrogens is 174 g/mol. The van der Waals surface area contributed by atoms with Crippen LogP contribution in [-0.4, -0.2) is 11.3 Å². The minimum absolute atomic E-state index is 0.226. The lowest BCUT2D eigenvalue weighted by molar-refractivity contribution is -0.120. The van der Waals surface area contributed by atoms with Gasteiger partial charge in [0.2, 0.25) is 0 Å². The number of Topliss-reactive ketones (excluding diaryl/α,β-unsaturated/α-hetero) is 1. The van der Waals surface area contributed by atoms with Crippen LogP contribution in [0.5, 0.6) is 0 Å². The Morgan fingerprint density at radius 1 is 1.36 bits per heavy atom. The molecule has 0 spiro atoms. The van der Waals surface area contributed by atoms with Crippen molar-refractivity contribution in [3.63, 3.8) is 0 Å². The van der Waals surface area contributed by atoms with Gasteiger partial charge >= 0.3 is 0 Å². The summed E-state index contributed by atoms with van der Waals surface area (Å²) in [6, 6.07) is 9.95. The molecule has 1 aromatic carbocycles. The molecular formula is C12H15NO. The van der Waals surface area contributed by atoms with Crippen molar-refractivity contribution in [2.75, 3.05) is 5.32 Å². The third kappa shape index (κ3) is 1.65. The van der Waals surface area contributed by atoms with Crippen LogP contribution in [0.15, 0.2) is 30.3 Å². The Bertz CT molecular complexity index is 327. The van der Waals surface area contributed by atoms with Crippen molar-refractivity contribution >= 4 is 11.5 Å². The predicted molar refractivity (Wildman–Crippen MR) is 57.3 cm³/mol. The SMILES string of the molecule is CCC(=O)C1(Nc2ccccc2)CC1. The second-order valence-electron chi connectivity index (χ2n) is 3.85. The molecule has 1 aliphatic carbocycles. The van der Waals surface area contributed by atoms with E-state index in [9.17, 15) is 4.79 Å². The van der Waals surface area contributed by atoms with Gasteiger partial charge in [-0.1, -0.05) is 25.1 Å². The monoisotopic (exact) mass is 189 g/mol. The second kappa shape index (κ2) is 3.45. The van der Waals surface area contributed by atoms with Crippen LogP contribution in [0.4, 0.5) is 5.69 Å². The highest BCUT2D eigenvalue weighted by Crippen LogP contribution is 2.40. The fourth-order valence-electron chi connectivity index (χ4n) is 1.73. The van der Waals surface area contributed by atoms with E-state index >= 15 is 0 Å². The maximum Gasteiger partial charge on any atom is 0.157 e. The summed E-state index contributed by atoms with van der Waals surface area (Å²) in [7, 11) is 0. The maximum absolute atomic E-state index is 11.6. The van der Waals surface area contributed by atoms with Gasteiger partial charge in [0.05, 0.1) is 5.54 Å². The molecule has 1 N–H and O–H groups in total. The van der Waals surface area contributed by atoms with E-state index in [4.69, 9.17) is 0 Å². The molecule has 0 aromatic heterocycles. The van der Waals surface area contributed by atoms with Gasteiger partial charge in [-0.3, -0.25) is 4.79 Å². The number of carbonyl (C=O) groups excluding carboxylic acids is 1. The Kier molecular flexibility index (Phi) is 2.28. The van der Waals surface area contributed by atoms with Crippen molar-refractivity contribution in [3.8, 4) is 0 Å². The van der Waals surface area contributed by atoms with Gasteiger partial charge in [0.15, 0.2) is 5.78 Å². The molecule has 0 heterocycles. The van der Waals surface area contributed by atoms with Crippen LogP contribution in [-0.2, 0) is 4.79 Å². The highest BCUT2D eigenvalue weighted by Gasteiger charge is 2.48. The summed E-state index contributed by atoms with van der Waals surface area (Å²) in [5.41, 5.74) is 0.822. The van der Waals surface area contributed by atoms with E-state index in [0.717, 1.165) is 18.5 Å². The van der Waals surface area contributed by atoms with Crippen molar-refractivity contribution in [3.05, 3.63) is 30.3 Å². The first-order valence-electron chi connectivity index (χ1n) is 5.13. The predicted octanol–water partition coefficient (Wildman–Crippen LogP) is 2.61. The summed E-state index contributed by atoms with van der Waals surface area (Å²) < 4.78 is 0. The van der Waals surface area contributed by atoms with Crippen molar-refractivity contribution in [2.45, 2.75) is 31.7 Å². The van der Waals surface area contributed by atoms with Gasteiger partial charge in [-0.2, -0.15) is 0 Å². The summed E-state index contributed by atoms with van der Waals surface area (Å²) in [6.07, 6.45) is 2.59. The molecule has 0 aliphatic heterocycles. The maximum atomic E-state index is 11.6. The highest BCUT2D eigenvalue weighted by molar-refractivity contribution is 5.94. The molecule has 0 bridgehead atoms. The van der Waals surface area contributed by atoms with Gasteiger partial charge in [-0.15, -0.1) is 0 Å². The van der Waals surface area contributed by atoms with Gasteiger partial charge < -0.3 is 5.32 Å². The fourth-order valence-corrected chi connectivity index (χ4v) is 1.73. The van der Waals surface area contributed by atoms with Crippen LogP contribution < -0.4 is 5.32 Å². The molecule has 0 unspecified atom stereocenters. The molecule has 1 aromatic rings. The number of nitrogens with one attached hydrogen (secondary N) is 1. The molecule has 2 rings (SSSR count). The van der Waals surface area contributed by atoms with Gasteiger partial charge in [0.1, 0.15) is 0 Å². The fraction of sp³-hybridized carbons (Fsp3) is 0.417. The first-order chi connectivity index (χ1) is 6.77. The normalized spacial score (nSPS) is 17.5. The lowest BCUT2D eigenvalue weighted by atomic mass is 10.1. The van der Waals surface area contributed by atoms with E-state index in [1.807, 2.05) is 37.3 Å². The largest absolute Gasteiger partial charge is 0.373 e. The molecule has 0 saturated heterocycles. The molecule has 0 amide bonds. The standard InChI is InChI=1S/C12H15NO/c1-2-11(14)12(8-9-12)13-10-6-4-3-5-7-10/h3-7,13H,2,8-9H2,1H3. The Morgan fingerprint density at radius 2 is 2.00 bits per heavy atom. The molecule has 14 heavy (non-hydrogen) atoms. The topological polar surface area (TPSA) is 29.1 Å². The van der Waals surface area contributed by atoms with Gasteiger partial charge in [-0.05, 0) is 25.0 Å². The van der Waals surface area contributed by atoms with Crippen LogP contribution >= 0.6 is 0 Å². The first-order valence-corrected chi connectivity index (χ1v) is 5.13. The number of para-hydroxylation sites is 1. The molecule has 2 nitrogen and oxygen atoms in total. The Morgan fingerprint density at radius 3 is 2.50 bits per heavy atom. The second-order valence-corrected chi connectivity index (χ2v) is 3.85. The molecule has 1 saturated carbocycles. The number of ketones is 1. The van der Waals surface area contributed by atoms with Crippen molar-refractivity contribution in [1.82, 2.24) is 0 Å². The number of benzene rings is 1. The molecule has 74 valence electrons. The van der Waals surface area contributed by atoms with E-state index < -0.39 is 0 Å². The van der Waals surface area contributed by atoms with Crippen LogP contribution in [0.3, 0.4) is 0 Å². The van der Waals surface area contributed by atoms with Crippen LogP contribution in [0, 0.1) is 0 Å². The lowest BCUT2D eigenvalue weighted by Crippen LogP contribution is -2.31. The number of anilines is 1. The highest BCUT2D eigenvalue weighted by atomic mass is 16.1. The summed E-state index contributed by atoms with van der Waals surface area (Å²) in [4.78, 5) is 11.6. The summed E-state index contributed by atoms with van der Waals surface area (Å²) in [6.45, 7) is 1.93. The summed E-state index contributed by atoms with van der Waals surface area (Å²) >= 11 is 0. The zero-order valence-corrected chi connectivity index (χ0v) is 8.42. The van der Waals surface area contributed by atoms with Crippen LogP contribution in [0.1, 0.15) is 26.2 Å². The molecule has 0 atom stereocenters. The Labute approximate surface area is 84.3 Å². The number of rotatable bonds is 4. The van der Waals surface area contributed by atoms with Crippen LogP contribution in [0.25, 0.3) is 0 Å². The minimum atomic E-state index is -0.226. The van der Waals surface area contributed by atoms with Crippen molar-refractivity contribution < 1.29 is 4.79 Å². The average molecular weight is 189 g/mol. The number of hydrogen-bond acceptors (Lipinski definition) is 2. The van der Waals surface area contributed by atoms with E-state index in [1.54, 1.807) is 0 Å². The molecule has 0 radical (unpaired) electrons. The lowest BCUT2D eigenvalue weighted by Gasteiger charge is -2.16. The minimum Gasteiger partial charge on any atom is -0.373 e. The van der Waals surface area contributed by atoms with E-state index in [-0.39, 0.29) is 5.54 Å². The first kappa shape index (κ1) is 9.25.